The Hall–Kier alpha value is -2.92. The predicted octanol–water partition coefficient (Wildman–Crippen LogP) is 3.87. The molecule has 0 aliphatic carbocycles. The summed E-state index contributed by atoms with van der Waals surface area (Å²) in [5.74, 6) is -1.37. The van der Waals surface area contributed by atoms with Gasteiger partial charge in [-0.25, -0.2) is 8.42 Å². The van der Waals surface area contributed by atoms with E-state index in [-0.39, 0.29) is 0 Å². The fourth-order valence-corrected chi connectivity index (χ4v) is 5.60. The second-order valence-corrected chi connectivity index (χ2v) is 8.71. The zero-order valence-corrected chi connectivity index (χ0v) is 15.6. The van der Waals surface area contributed by atoms with Gasteiger partial charge in [-0.05, 0) is 23.6 Å². The lowest BCUT2D eigenvalue weighted by atomic mass is 9.84. The van der Waals surface area contributed by atoms with Crippen molar-refractivity contribution < 1.29 is 18.3 Å². The van der Waals surface area contributed by atoms with Gasteiger partial charge in [0.15, 0.2) is 15.1 Å². The van der Waals surface area contributed by atoms with Crippen molar-refractivity contribution in [3.05, 3.63) is 108 Å². The number of hydrogen-bond donors (Lipinski definition) is 1. The smallest absolute Gasteiger partial charge is 0.321 e. The van der Waals surface area contributed by atoms with Crippen molar-refractivity contribution in [2.75, 3.05) is 0 Å². The van der Waals surface area contributed by atoms with Gasteiger partial charge in [-0.2, -0.15) is 0 Å². The Labute approximate surface area is 159 Å². The highest BCUT2D eigenvalue weighted by Gasteiger charge is 2.52. The number of carbonyl (C=O) groups is 1. The van der Waals surface area contributed by atoms with E-state index in [0.717, 1.165) is 0 Å². The molecule has 0 saturated heterocycles. The fourth-order valence-electron chi connectivity index (χ4n) is 3.41. The van der Waals surface area contributed by atoms with Crippen LogP contribution in [0.4, 0.5) is 0 Å². The lowest BCUT2D eigenvalue weighted by Gasteiger charge is -2.36. The monoisotopic (exact) mass is 380 g/mol. The molecule has 0 heterocycles. The molecule has 1 unspecified atom stereocenters. The zero-order valence-electron chi connectivity index (χ0n) is 14.8. The number of hydrogen-bond acceptors (Lipinski definition) is 3. The Balaban J connectivity index is 2.50. The van der Waals surface area contributed by atoms with E-state index >= 15 is 0 Å². The van der Waals surface area contributed by atoms with Crippen LogP contribution in [0.1, 0.15) is 23.6 Å². The van der Waals surface area contributed by atoms with Crippen LogP contribution in [0.5, 0.6) is 0 Å². The summed E-state index contributed by atoms with van der Waals surface area (Å²) in [6, 6.07) is 26.3. The number of carboxylic acid groups (broad SMARTS) is 1. The van der Waals surface area contributed by atoms with Crippen LogP contribution in [0, 0.1) is 0 Å². The summed E-state index contributed by atoms with van der Waals surface area (Å²) in [4.78, 5) is 11.7. The van der Waals surface area contributed by atoms with Crippen molar-refractivity contribution in [3.63, 3.8) is 0 Å². The quantitative estimate of drug-likeness (QED) is 0.659. The van der Waals surface area contributed by atoms with Crippen molar-refractivity contribution >= 4 is 15.8 Å². The summed E-state index contributed by atoms with van der Waals surface area (Å²) < 4.78 is 26.0. The van der Waals surface area contributed by atoms with Gasteiger partial charge >= 0.3 is 5.97 Å². The molecule has 0 saturated carbocycles. The minimum Gasteiger partial charge on any atom is -0.480 e. The molecule has 0 fully saturated rings. The van der Waals surface area contributed by atoms with E-state index in [9.17, 15) is 18.3 Å². The van der Waals surface area contributed by atoms with Crippen molar-refractivity contribution in [2.45, 2.75) is 16.9 Å². The van der Waals surface area contributed by atoms with Gasteiger partial charge in [0.25, 0.3) is 0 Å². The molecule has 0 radical (unpaired) electrons. The van der Waals surface area contributed by atoms with Crippen molar-refractivity contribution in [1.29, 1.82) is 0 Å². The van der Waals surface area contributed by atoms with Gasteiger partial charge < -0.3 is 5.11 Å². The molecule has 0 aliphatic rings. The zero-order chi connectivity index (χ0) is 19.5. The van der Waals surface area contributed by atoms with Crippen LogP contribution < -0.4 is 0 Å². The first-order valence-corrected chi connectivity index (χ1v) is 10.1. The summed E-state index contributed by atoms with van der Waals surface area (Å²) in [5.41, 5.74) is 1.53. The summed E-state index contributed by atoms with van der Waals surface area (Å²) in [6.07, 6.45) is 0. The van der Waals surface area contributed by atoms with Crippen LogP contribution in [0.2, 0.25) is 0 Å². The molecule has 4 nitrogen and oxygen atoms in total. The van der Waals surface area contributed by atoms with E-state index in [1.807, 2.05) is 0 Å². The number of rotatable bonds is 6. The van der Waals surface area contributed by atoms with Gasteiger partial charge in [-0.15, -0.1) is 0 Å². The molecular weight excluding hydrogens is 360 g/mol. The fraction of sp³-hybridized carbons (Fsp3) is 0.136. The van der Waals surface area contributed by atoms with E-state index in [4.69, 9.17) is 0 Å². The van der Waals surface area contributed by atoms with Crippen LogP contribution >= 0.6 is 0 Å². The molecule has 0 spiro atoms. The highest BCUT2D eigenvalue weighted by atomic mass is 32.2. The largest absolute Gasteiger partial charge is 0.480 e. The molecule has 3 rings (SSSR count). The first-order valence-electron chi connectivity index (χ1n) is 8.55. The van der Waals surface area contributed by atoms with Gasteiger partial charge in [0, 0.05) is 0 Å². The van der Waals surface area contributed by atoms with Crippen LogP contribution in [0.25, 0.3) is 0 Å². The average Bonchev–Trinajstić information content (AvgIpc) is 2.70. The van der Waals surface area contributed by atoms with Crippen molar-refractivity contribution in [3.8, 4) is 0 Å². The minimum atomic E-state index is -4.22. The van der Waals surface area contributed by atoms with Gasteiger partial charge in [-0.3, -0.25) is 4.79 Å². The van der Waals surface area contributed by atoms with E-state index in [2.05, 4.69) is 0 Å². The molecule has 138 valence electrons. The van der Waals surface area contributed by atoms with E-state index in [1.165, 1.54) is 6.92 Å². The highest BCUT2D eigenvalue weighted by Crippen LogP contribution is 2.45. The molecule has 5 heteroatoms. The first kappa shape index (κ1) is 18.9. The van der Waals surface area contributed by atoms with Gasteiger partial charge in [-0.1, -0.05) is 91.0 Å². The third-order valence-electron chi connectivity index (χ3n) is 4.78. The SMILES string of the molecule is CC(C(=O)O)S(=O)(=O)C(c1ccccc1)(c1ccccc1)c1ccccc1. The number of benzene rings is 3. The molecule has 0 amide bonds. The first-order chi connectivity index (χ1) is 12.9. The maximum absolute atomic E-state index is 13.8. The number of sulfone groups is 1. The average molecular weight is 380 g/mol. The standard InChI is InChI=1S/C22H20O4S/c1-17(21(23)24)27(25,26)22(18-11-5-2-6-12-18,19-13-7-3-8-14-19)20-15-9-4-10-16-20/h2-17H,1H3,(H,23,24). The van der Waals surface area contributed by atoms with E-state index < -0.39 is 25.8 Å². The van der Waals surface area contributed by atoms with Gasteiger partial charge in [0.1, 0.15) is 4.75 Å². The van der Waals surface area contributed by atoms with Crippen LogP contribution in [-0.2, 0) is 19.4 Å². The molecule has 0 aliphatic heterocycles. The minimum absolute atomic E-state index is 0.510. The van der Waals surface area contributed by atoms with E-state index in [0.29, 0.717) is 16.7 Å². The summed E-state index contributed by atoms with van der Waals surface area (Å²) in [7, 11) is -4.22. The normalized spacial score (nSPS) is 13.1. The Morgan fingerprint density at radius 2 is 1.04 bits per heavy atom. The Morgan fingerprint density at radius 3 is 1.30 bits per heavy atom. The lowest BCUT2D eigenvalue weighted by molar-refractivity contribution is -0.136. The number of aliphatic carboxylic acids is 1. The molecule has 3 aromatic carbocycles. The summed E-state index contributed by atoms with van der Waals surface area (Å²) in [5, 5.41) is 7.96. The Morgan fingerprint density at radius 1 is 0.741 bits per heavy atom. The predicted molar refractivity (Wildman–Crippen MR) is 105 cm³/mol. The van der Waals surface area contributed by atoms with Crippen LogP contribution in [0.15, 0.2) is 91.0 Å². The maximum atomic E-state index is 13.8. The molecule has 3 aromatic rings. The Kier molecular flexibility index (Phi) is 5.15. The van der Waals surface area contributed by atoms with Crippen molar-refractivity contribution in [2.24, 2.45) is 0 Å². The van der Waals surface area contributed by atoms with E-state index in [1.54, 1.807) is 91.0 Å². The number of carboxylic acids is 1. The van der Waals surface area contributed by atoms with Crippen LogP contribution in [-0.4, -0.2) is 24.7 Å². The molecule has 27 heavy (non-hydrogen) atoms. The van der Waals surface area contributed by atoms with Crippen molar-refractivity contribution in [1.82, 2.24) is 0 Å². The second kappa shape index (κ2) is 7.37. The second-order valence-electron chi connectivity index (χ2n) is 6.30. The maximum Gasteiger partial charge on any atom is 0.321 e. The third-order valence-corrected chi connectivity index (χ3v) is 7.47. The molecular formula is C22H20O4S. The van der Waals surface area contributed by atoms with Crippen LogP contribution in [0.3, 0.4) is 0 Å². The lowest BCUT2D eigenvalue weighted by Crippen LogP contribution is -2.46. The highest BCUT2D eigenvalue weighted by molar-refractivity contribution is 7.94. The Bertz CT molecular complexity index is 917. The molecule has 0 bridgehead atoms. The summed E-state index contributed by atoms with van der Waals surface area (Å²) in [6.45, 7) is 1.22. The molecule has 1 N–H and O–H groups in total. The summed E-state index contributed by atoms with van der Waals surface area (Å²) >= 11 is 0. The molecule has 0 aromatic heterocycles. The third kappa shape index (κ3) is 3.04. The van der Waals surface area contributed by atoms with Gasteiger partial charge in [0.2, 0.25) is 0 Å². The molecule has 1 atom stereocenters. The topological polar surface area (TPSA) is 71.4 Å². The van der Waals surface area contributed by atoms with Gasteiger partial charge in [0.05, 0.1) is 0 Å².